The number of hydrogen-bond acceptors (Lipinski definition) is 6. The van der Waals surface area contributed by atoms with Crippen LogP contribution in [-0.2, 0) is 16.1 Å². The number of imidazole rings is 1. The van der Waals surface area contributed by atoms with E-state index in [1.54, 1.807) is 0 Å². The number of carbonyl (C=O) groups is 1. The van der Waals surface area contributed by atoms with Gasteiger partial charge in [-0.2, -0.15) is 0 Å². The van der Waals surface area contributed by atoms with Crippen LogP contribution in [-0.4, -0.2) is 38.8 Å². The van der Waals surface area contributed by atoms with Crippen molar-refractivity contribution >= 4 is 40.6 Å². The lowest BCUT2D eigenvalue weighted by Gasteiger charge is -2.14. The van der Waals surface area contributed by atoms with Gasteiger partial charge in [0.15, 0.2) is 5.16 Å². The summed E-state index contributed by atoms with van der Waals surface area (Å²) in [7, 11) is 0. The quantitative estimate of drug-likeness (QED) is 0.410. The van der Waals surface area contributed by atoms with Crippen LogP contribution in [0.5, 0.6) is 0 Å². The molecule has 0 bridgehead atoms. The fourth-order valence-electron chi connectivity index (χ4n) is 2.98. The van der Waals surface area contributed by atoms with Gasteiger partial charge < -0.3 is 14.6 Å². The molecular weight excluding hydrogens is 404 g/mol. The van der Waals surface area contributed by atoms with E-state index in [0.717, 1.165) is 36.0 Å². The van der Waals surface area contributed by atoms with Crippen molar-refractivity contribution in [1.29, 1.82) is 0 Å². The highest BCUT2D eigenvalue weighted by atomic mass is 35.5. The van der Waals surface area contributed by atoms with Gasteiger partial charge in [0.25, 0.3) is 5.69 Å². The maximum absolute atomic E-state index is 12.3. The predicted octanol–water partition coefficient (Wildman–Crippen LogP) is 3.97. The molecular formula is C18H21ClN4O4S. The number of amides is 1. The Hall–Kier alpha value is -2.10. The van der Waals surface area contributed by atoms with Crippen LogP contribution in [0, 0.1) is 24.0 Å². The van der Waals surface area contributed by atoms with Crippen molar-refractivity contribution in [1.82, 2.24) is 9.55 Å². The molecule has 1 N–H and O–H groups in total. The normalized spacial score (nSPS) is 16.3. The number of nitrogens with one attached hydrogen (secondary N) is 1. The number of aryl methyl sites for hydroxylation is 1. The monoisotopic (exact) mass is 424 g/mol. The molecule has 0 spiro atoms. The average molecular weight is 425 g/mol. The van der Waals surface area contributed by atoms with Gasteiger partial charge in [-0.1, -0.05) is 23.4 Å². The van der Waals surface area contributed by atoms with Crippen LogP contribution in [0.2, 0.25) is 5.02 Å². The lowest BCUT2D eigenvalue weighted by Crippen LogP contribution is -2.18. The van der Waals surface area contributed by atoms with Gasteiger partial charge in [0, 0.05) is 24.4 Å². The van der Waals surface area contributed by atoms with E-state index in [1.165, 1.54) is 30.0 Å². The van der Waals surface area contributed by atoms with Crippen molar-refractivity contribution in [2.75, 3.05) is 17.7 Å². The third-order valence-electron chi connectivity index (χ3n) is 4.60. The molecule has 2 aromatic rings. The molecule has 1 saturated heterocycles. The smallest absolute Gasteiger partial charge is 0.271 e. The first-order chi connectivity index (χ1) is 13.3. The largest absolute Gasteiger partial charge is 0.376 e. The van der Waals surface area contributed by atoms with Gasteiger partial charge in [0.05, 0.1) is 39.7 Å². The number of hydrogen-bond donors (Lipinski definition) is 1. The van der Waals surface area contributed by atoms with Crippen LogP contribution in [0.25, 0.3) is 0 Å². The molecule has 10 heteroatoms. The predicted molar refractivity (Wildman–Crippen MR) is 108 cm³/mol. The Morgan fingerprint density at radius 2 is 2.29 bits per heavy atom. The van der Waals surface area contributed by atoms with Crippen molar-refractivity contribution in [3.63, 3.8) is 0 Å². The number of aromatic nitrogens is 2. The molecule has 0 aliphatic carbocycles. The highest BCUT2D eigenvalue weighted by Crippen LogP contribution is 2.28. The molecule has 1 aliphatic rings. The molecule has 1 aromatic carbocycles. The molecule has 1 aromatic heterocycles. The van der Waals surface area contributed by atoms with Crippen LogP contribution >= 0.6 is 23.4 Å². The molecule has 0 saturated carbocycles. The zero-order valence-corrected chi connectivity index (χ0v) is 17.2. The van der Waals surface area contributed by atoms with Crippen molar-refractivity contribution in [3.8, 4) is 0 Å². The number of thioether (sulfide) groups is 1. The first kappa shape index (κ1) is 20.6. The van der Waals surface area contributed by atoms with Gasteiger partial charge in [0.1, 0.15) is 0 Å². The highest BCUT2D eigenvalue weighted by molar-refractivity contribution is 7.99. The molecule has 0 unspecified atom stereocenters. The SMILES string of the molecule is Cc1nc(SCC(=O)Nc2cc([N+](=O)[O-])ccc2Cl)n(C[C@H]2CCCO2)c1C. The van der Waals surface area contributed by atoms with Crippen molar-refractivity contribution in [3.05, 3.63) is 44.7 Å². The molecule has 1 atom stereocenters. The molecule has 3 rings (SSSR count). The van der Waals surface area contributed by atoms with Gasteiger partial charge in [-0.15, -0.1) is 0 Å². The molecule has 2 heterocycles. The van der Waals surface area contributed by atoms with Crippen LogP contribution in [0.4, 0.5) is 11.4 Å². The Balaban J connectivity index is 1.65. The van der Waals surface area contributed by atoms with E-state index in [9.17, 15) is 14.9 Å². The number of anilines is 1. The Kier molecular flexibility index (Phi) is 6.58. The summed E-state index contributed by atoms with van der Waals surface area (Å²) in [5.74, 6) is -0.199. The summed E-state index contributed by atoms with van der Waals surface area (Å²) in [5.41, 5.74) is 2.06. The minimum atomic E-state index is -0.534. The summed E-state index contributed by atoms with van der Waals surface area (Å²) >= 11 is 7.35. The summed E-state index contributed by atoms with van der Waals surface area (Å²) in [6, 6.07) is 3.93. The molecule has 28 heavy (non-hydrogen) atoms. The van der Waals surface area contributed by atoms with Gasteiger partial charge in [-0.3, -0.25) is 14.9 Å². The third kappa shape index (κ3) is 4.84. The lowest BCUT2D eigenvalue weighted by atomic mass is 10.2. The molecule has 1 fully saturated rings. The topological polar surface area (TPSA) is 99.3 Å². The summed E-state index contributed by atoms with van der Waals surface area (Å²) in [5, 5.41) is 14.5. The Morgan fingerprint density at radius 3 is 2.96 bits per heavy atom. The first-order valence-electron chi connectivity index (χ1n) is 8.87. The van der Waals surface area contributed by atoms with E-state index in [1.807, 2.05) is 13.8 Å². The van der Waals surface area contributed by atoms with E-state index in [2.05, 4.69) is 14.9 Å². The van der Waals surface area contributed by atoms with Crippen LogP contribution in [0.3, 0.4) is 0 Å². The van der Waals surface area contributed by atoms with E-state index < -0.39 is 4.92 Å². The van der Waals surface area contributed by atoms with Gasteiger partial charge in [-0.05, 0) is 32.8 Å². The summed E-state index contributed by atoms with van der Waals surface area (Å²) in [4.78, 5) is 27.3. The number of nitro benzene ring substituents is 1. The summed E-state index contributed by atoms with van der Waals surface area (Å²) < 4.78 is 7.80. The van der Waals surface area contributed by atoms with Crippen molar-refractivity contribution < 1.29 is 14.5 Å². The van der Waals surface area contributed by atoms with Gasteiger partial charge >= 0.3 is 0 Å². The van der Waals surface area contributed by atoms with E-state index in [-0.39, 0.29) is 34.2 Å². The Labute approximate surface area is 171 Å². The number of rotatable bonds is 7. The van der Waals surface area contributed by atoms with Gasteiger partial charge in [0.2, 0.25) is 5.91 Å². The maximum atomic E-state index is 12.3. The van der Waals surface area contributed by atoms with Crippen molar-refractivity contribution in [2.45, 2.75) is 44.5 Å². The zero-order valence-electron chi connectivity index (χ0n) is 15.6. The van der Waals surface area contributed by atoms with E-state index in [4.69, 9.17) is 16.3 Å². The highest BCUT2D eigenvalue weighted by Gasteiger charge is 2.21. The number of carbonyl (C=O) groups excluding carboxylic acids is 1. The average Bonchev–Trinajstić information content (AvgIpc) is 3.25. The minimum absolute atomic E-state index is 0.112. The van der Waals surface area contributed by atoms with E-state index >= 15 is 0 Å². The molecule has 1 amide bonds. The Bertz CT molecular complexity index is 896. The summed E-state index contributed by atoms with van der Waals surface area (Å²) in [6.45, 7) is 5.44. The zero-order chi connectivity index (χ0) is 20.3. The number of ether oxygens (including phenoxy) is 1. The summed E-state index contributed by atoms with van der Waals surface area (Å²) in [6.07, 6.45) is 2.25. The third-order valence-corrected chi connectivity index (χ3v) is 5.91. The minimum Gasteiger partial charge on any atom is -0.376 e. The standard InChI is InChI=1S/C18H21ClN4O4S/c1-11-12(2)22(9-14-4-3-7-27-14)18(20-11)28-10-17(24)21-16-8-13(23(25)26)5-6-15(16)19/h5-6,8,14H,3-4,7,9-10H2,1-2H3,(H,21,24)/t14-/m1/s1. The number of nitro groups is 1. The first-order valence-corrected chi connectivity index (χ1v) is 10.2. The van der Waals surface area contributed by atoms with E-state index in [0.29, 0.717) is 6.54 Å². The van der Waals surface area contributed by atoms with Crippen molar-refractivity contribution in [2.24, 2.45) is 0 Å². The Morgan fingerprint density at radius 1 is 1.50 bits per heavy atom. The number of nitrogens with zero attached hydrogens (tertiary/aromatic N) is 3. The fraction of sp³-hybridized carbons (Fsp3) is 0.444. The number of benzene rings is 1. The second-order valence-electron chi connectivity index (χ2n) is 6.57. The van der Waals surface area contributed by atoms with Crippen LogP contribution < -0.4 is 5.32 Å². The van der Waals surface area contributed by atoms with Crippen LogP contribution in [0.15, 0.2) is 23.4 Å². The fourth-order valence-corrected chi connectivity index (χ4v) is 4.05. The molecule has 150 valence electrons. The molecule has 0 radical (unpaired) electrons. The maximum Gasteiger partial charge on any atom is 0.271 e. The van der Waals surface area contributed by atoms with Crippen LogP contribution in [0.1, 0.15) is 24.2 Å². The second kappa shape index (κ2) is 8.93. The lowest BCUT2D eigenvalue weighted by molar-refractivity contribution is -0.384. The molecule has 1 aliphatic heterocycles. The number of non-ortho nitro benzene ring substituents is 1. The second-order valence-corrected chi connectivity index (χ2v) is 7.92. The number of halogens is 1. The van der Waals surface area contributed by atoms with Gasteiger partial charge in [-0.25, -0.2) is 4.98 Å². The molecule has 8 nitrogen and oxygen atoms in total.